The molecule has 0 bridgehead atoms. The van der Waals surface area contributed by atoms with Crippen LogP contribution in [0.15, 0.2) is 48.5 Å². The Morgan fingerprint density at radius 1 is 1.08 bits per heavy atom. The van der Waals surface area contributed by atoms with E-state index in [-0.39, 0.29) is 12.5 Å². The molecule has 7 heteroatoms. The summed E-state index contributed by atoms with van der Waals surface area (Å²) in [6.45, 7) is 1.48. The summed E-state index contributed by atoms with van der Waals surface area (Å²) < 4.78 is 5.57. The van der Waals surface area contributed by atoms with E-state index in [1.54, 1.807) is 37.3 Å². The van der Waals surface area contributed by atoms with E-state index in [1.807, 2.05) is 18.2 Å². The van der Waals surface area contributed by atoms with Crippen LogP contribution in [0.25, 0.3) is 0 Å². The standard InChI is InChI=1S/C18H18Cl2N2O3/c1-12(25-13-7-4-3-5-8-13)18(24)22(2)11-16(23)21-17-14(19)9-6-10-15(17)20/h3-10,12H,11H2,1-2H3,(H,21,23). The van der Waals surface area contributed by atoms with Crippen LogP contribution in [0.2, 0.25) is 10.0 Å². The molecule has 5 nitrogen and oxygen atoms in total. The second kappa shape index (κ2) is 8.74. The van der Waals surface area contributed by atoms with Gasteiger partial charge in [-0.3, -0.25) is 9.59 Å². The lowest BCUT2D eigenvalue weighted by molar-refractivity contribution is -0.139. The third-order valence-corrected chi connectivity index (χ3v) is 4.02. The summed E-state index contributed by atoms with van der Waals surface area (Å²) in [5.41, 5.74) is 0.324. The fourth-order valence-corrected chi connectivity index (χ4v) is 2.65. The normalized spacial score (nSPS) is 11.5. The van der Waals surface area contributed by atoms with Gasteiger partial charge in [0.15, 0.2) is 6.10 Å². The summed E-state index contributed by atoms with van der Waals surface area (Å²) >= 11 is 12.0. The number of para-hydroxylation sites is 2. The number of nitrogens with one attached hydrogen (secondary N) is 1. The highest BCUT2D eigenvalue weighted by Gasteiger charge is 2.21. The number of rotatable bonds is 6. The molecule has 0 aliphatic heterocycles. The number of carbonyl (C=O) groups excluding carboxylic acids is 2. The Morgan fingerprint density at radius 2 is 1.68 bits per heavy atom. The van der Waals surface area contributed by atoms with Gasteiger partial charge in [-0.25, -0.2) is 0 Å². The van der Waals surface area contributed by atoms with Crippen LogP contribution >= 0.6 is 23.2 Å². The number of hydrogen-bond acceptors (Lipinski definition) is 3. The molecule has 0 radical (unpaired) electrons. The number of halogens is 2. The molecule has 0 heterocycles. The van der Waals surface area contributed by atoms with E-state index >= 15 is 0 Å². The van der Waals surface area contributed by atoms with Crippen LogP contribution in [0.5, 0.6) is 5.75 Å². The van der Waals surface area contributed by atoms with Gasteiger partial charge >= 0.3 is 0 Å². The summed E-state index contributed by atoms with van der Waals surface area (Å²) in [4.78, 5) is 25.8. The zero-order chi connectivity index (χ0) is 18.4. The molecule has 0 aromatic heterocycles. The number of nitrogens with zero attached hydrogens (tertiary/aromatic N) is 1. The second-order valence-electron chi connectivity index (χ2n) is 5.41. The highest BCUT2D eigenvalue weighted by Crippen LogP contribution is 2.29. The molecule has 1 atom stereocenters. The first kappa shape index (κ1) is 19.1. The van der Waals surface area contributed by atoms with E-state index in [0.717, 1.165) is 0 Å². The Hall–Kier alpha value is -2.24. The van der Waals surface area contributed by atoms with Gasteiger partial charge in [0, 0.05) is 7.05 Å². The van der Waals surface area contributed by atoms with Crippen molar-refractivity contribution in [3.8, 4) is 5.75 Å². The fourth-order valence-electron chi connectivity index (χ4n) is 2.15. The van der Waals surface area contributed by atoms with Crippen molar-refractivity contribution in [3.63, 3.8) is 0 Å². The molecule has 0 saturated heterocycles. The molecule has 2 rings (SSSR count). The van der Waals surface area contributed by atoms with Crippen LogP contribution in [0.3, 0.4) is 0 Å². The average Bonchev–Trinajstić information content (AvgIpc) is 2.58. The molecule has 0 aliphatic carbocycles. The number of carbonyl (C=O) groups is 2. The summed E-state index contributed by atoms with van der Waals surface area (Å²) in [7, 11) is 1.53. The Kier molecular flexibility index (Phi) is 6.67. The highest BCUT2D eigenvalue weighted by atomic mass is 35.5. The van der Waals surface area contributed by atoms with Crippen LogP contribution in [-0.2, 0) is 9.59 Å². The molecule has 0 fully saturated rings. The fraction of sp³-hybridized carbons (Fsp3) is 0.222. The molecule has 2 aromatic rings. The Morgan fingerprint density at radius 3 is 2.28 bits per heavy atom. The molecule has 0 saturated carbocycles. The van der Waals surface area contributed by atoms with Crippen molar-refractivity contribution in [2.45, 2.75) is 13.0 Å². The molecule has 1 unspecified atom stereocenters. The lowest BCUT2D eigenvalue weighted by Crippen LogP contribution is -2.42. The smallest absolute Gasteiger partial charge is 0.263 e. The molecular weight excluding hydrogens is 363 g/mol. The topological polar surface area (TPSA) is 58.6 Å². The average molecular weight is 381 g/mol. The predicted octanol–water partition coefficient (Wildman–Crippen LogP) is 3.86. The van der Waals surface area contributed by atoms with E-state index in [1.165, 1.54) is 11.9 Å². The lowest BCUT2D eigenvalue weighted by atomic mass is 10.3. The van der Waals surface area contributed by atoms with Gasteiger partial charge in [-0.1, -0.05) is 47.5 Å². The van der Waals surface area contributed by atoms with E-state index in [4.69, 9.17) is 27.9 Å². The van der Waals surface area contributed by atoms with Gasteiger partial charge < -0.3 is 15.0 Å². The SMILES string of the molecule is CC(Oc1ccccc1)C(=O)N(C)CC(=O)Nc1c(Cl)cccc1Cl. The zero-order valence-corrected chi connectivity index (χ0v) is 15.3. The van der Waals surface area contributed by atoms with Gasteiger partial charge in [0.2, 0.25) is 5.91 Å². The van der Waals surface area contributed by atoms with Gasteiger partial charge in [-0.05, 0) is 31.2 Å². The summed E-state index contributed by atoms with van der Waals surface area (Å²) in [6.07, 6.45) is -0.718. The third kappa shape index (κ3) is 5.37. The van der Waals surface area contributed by atoms with Gasteiger partial charge in [0.05, 0.1) is 22.3 Å². The number of likely N-dealkylation sites (N-methyl/N-ethyl adjacent to an activating group) is 1. The number of anilines is 1. The van der Waals surface area contributed by atoms with Gasteiger partial charge in [-0.15, -0.1) is 0 Å². The molecule has 132 valence electrons. The Labute approximate surface area is 156 Å². The molecule has 0 spiro atoms. The second-order valence-corrected chi connectivity index (χ2v) is 6.23. The molecule has 0 aliphatic rings. The Balaban J connectivity index is 1.92. The molecule has 2 aromatic carbocycles. The first-order chi connectivity index (χ1) is 11.9. The van der Waals surface area contributed by atoms with Crippen LogP contribution in [0.1, 0.15) is 6.92 Å². The summed E-state index contributed by atoms with van der Waals surface area (Å²) in [5, 5.41) is 3.27. The van der Waals surface area contributed by atoms with Gasteiger partial charge in [0.25, 0.3) is 5.91 Å². The maximum Gasteiger partial charge on any atom is 0.263 e. The van der Waals surface area contributed by atoms with E-state index in [9.17, 15) is 9.59 Å². The van der Waals surface area contributed by atoms with E-state index in [2.05, 4.69) is 5.32 Å². The van der Waals surface area contributed by atoms with Gasteiger partial charge in [-0.2, -0.15) is 0 Å². The molecule has 25 heavy (non-hydrogen) atoms. The first-order valence-electron chi connectivity index (χ1n) is 7.59. The predicted molar refractivity (Wildman–Crippen MR) is 99.3 cm³/mol. The third-order valence-electron chi connectivity index (χ3n) is 3.39. The number of amides is 2. The number of benzene rings is 2. The number of ether oxygens (including phenoxy) is 1. The summed E-state index contributed by atoms with van der Waals surface area (Å²) in [6, 6.07) is 13.9. The number of hydrogen-bond donors (Lipinski definition) is 1. The van der Waals surface area contributed by atoms with E-state index in [0.29, 0.717) is 21.5 Å². The van der Waals surface area contributed by atoms with Crippen molar-refractivity contribution in [1.29, 1.82) is 0 Å². The maximum atomic E-state index is 12.3. The Bertz CT molecular complexity index is 733. The highest BCUT2D eigenvalue weighted by molar-refractivity contribution is 6.39. The van der Waals surface area contributed by atoms with Crippen molar-refractivity contribution in [2.75, 3.05) is 18.9 Å². The molecule has 1 N–H and O–H groups in total. The quantitative estimate of drug-likeness (QED) is 0.827. The van der Waals surface area contributed by atoms with Crippen molar-refractivity contribution in [1.82, 2.24) is 4.90 Å². The lowest BCUT2D eigenvalue weighted by Gasteiger charge is -2.22. The first-order valence-corrected chi connectivity index (χ1v) is 8.34. The van der Waals surface area contributed by atoms with Crippen LogP contribution in [0, 0.1) is 0 Å². The van der Waals surface area contributed by atoms with Crippen LogP contribution < -0.4 is 10.1 Å². The zero-order valence-electron chi connectivity index (χ0n) is 13.8. The van der Waals surface area contributed by atoms with Gasteiger partial charge in [0.1, 0.15) is 5.75 Å². The van der Waals surface area contributed by atoms with Crippen molar-refractivity contribution in [3.05, 3.63) is 58.6 Å². The van der Waals surface area contributed by atoms with Crippen molar-refractivity contribution < 1.29 is 14.3 Å². The largest absolute Gasteiger partial charge is 0.481 e. The maximum absolute atomic E-state index is 12.3. The van der Waals surface area contributed by atoms with Crippen LogP contribution in [-0.4, -0.2) is 36.4 Å². The monoisotopic (exact) mass is 380 g/mol. The van der Waals surface area contributed by atoms with Crippen LogP contribution in [0.4, 0.5) is 5.69 Å². The van der Waals surface area contributed by atoms with Crippen molar-refractivity contribution in [2.24, 2.45) is 0 Å². The summed E-state index contributed by atoms with van der Waals surface area (Å²) in [5.74, 6) is -0.133. The van der Waals surface area contributed by atoms with Crippen molar-refractivity contribution >= 4 is 40.7 Å². The van der Waals surface area contributed by atoms with E-state index < -0.39 is 12.0 Å². The minimum Gasteiger partial charge on any atom is -0.481 e. The molecular formula is C18H18Cl2N2O3. The molecule has 2 amide bonds. The minimum atomic E-state index is -0.718. The minimum absolute atomic E-state index is 0.150.